The molecule has 1 aliphatic carbocycles. The van der Waals surface area contributed by atoms with Crippen LogP contribution in [-0.2, 0) is 11.2 Å². The summed E-state index contributed by atoms with van der Waals surface area (Å²) in [6, 6.07) is 10.5. The van der Waals surface area contributed by atoms with E-state index >= 15 is 0 Å². The van der Waals surface area contributed by atoms with Gasteiger partial charge in [0, 0.05) is 6.42 Å². The summed E-state index contributed by atoms with van der Waals surface area (Å²) >= 11 is 0. The van der Waals surface area contributed by atoms with Gasteiger partial charge in [-0.25, -0.2) is 0 Å². The van der Waals surface area contributed by atoms with Gasteiger partial charge >= 0.3 is 0 Å². The third-order valence-corrected chi connectivity index (χ3v) is 4.83. The van der Waals surface area contributed by atoms with E-state index in [1.165, 1.54) is 43.2 Å². The highest BCUT2D eigenvalue weighted by molar-refractivity contribution is 5.17. The number of aryl methyl sites for hydroxylation is 1. The standard InChI is InChI=1S/C19H26O2/c20-19-14-17(16-9-5-2-6-10-16)13-18(21-19)12-11-15-7-3-1-4-8-15/h1,3-4,7-8,13,16,18-20H,2,5-6,9-12,14H2. The smallest absolute Gasteiger partial charge is 0.159 e. The molecule has 1 aliphatic heterocycles. The highest BCUT2D eigenvalue weighted by Gasteiger charge is 2.26. The summed E-state index contributed by atoms with van der Waals surface area (Å²) in [6.45, 7) is 0. The summed E-state index contributed by atoms with van der Waals surface area (Å²) in [4.78, 5) is 0. The molecule has 0 amide bonds. The Bertz CT molecular complexity index is 460. The van der Waals surface area contributed by atoms with Crippen LogP contribution < -0.4 is 0 Å². The number of hydrogen-bond donors (Lipinski definition) is 1. The van der Waals surface area contributed by atoms with E-state index in [4.69, 9.17) is 4.74 Å². The van der Waals surface area contributed by atoms with Crippen LogP contribution in [-0.4, -0.2) is 17.5 Å². The van der Waals surface area contributed by atoms with E-state index in [2.05, 4.69) is 30.3 Å². The molecule has 1 saturated carbocycles. The molecule has 0 saturated heterocycles. The third-order valence-electron chi connectivity index (χ3n) is 4.83. The first-order valence-corrected chi connectivity index (χ1v) is 8.39. The van der Waals surface area contributed by atoms with E-state index in [-0.39, 0.29) is 6.10 Å². The Balaban J connectivity index is 1.61. The van der Waals surface area contributed by atoms with Gasteiger partial charge in [0.1, 0.15) is 0 Å². The van der Waals surface area contributed by atoms with Crippen molar-refractivity contribution in [1.82, 2.24) is 0 Å². The molecular weight excluding hydrogens is 260 g/mol. The molecule has 3 rings (SSSR count). The summed E-state index contributed by atoms with van der Waals surface area (Å²) in [7, 11) is 0. The van der Waals surface area contributed by atoms with Gasteiger partial charge in [-0.3, -0.25) is 0 Å². The maximum absolute atomic E-state index is 10.0. The minimum absolute atomic E-state index is 0.0749. The fraction of sp³-hybridized carbons (Fsp3) is 0.579. The fourth-order valence-corrected chi connectivity index (χ4v) is 3.68. The molecule has 2 nitrogen and oxygen atoms in total. The van der Waals surface area contributed by atoms with E-state index in [0.717, 1.165) is 12.8 Å². The Morgan fingerprint density at radius 1 is 1.05 bits per heavy atom. The lowest BCUT2D eigenvalue weighted by Crippen LogP contribution is -2.29. The van der Waals surface area contributed by atoms with Crippen LogP contribution in [0.4, 0.5) is 0 Å². The largest absolute Gasteiger partial charge is 0.368 e. The summed E-state index contributed by atoms with van der Waals surface area (Å²) in [6.07, 6.45) is 11.1. The second kappa shape index (κ2) is 7.24. The van der Waals surface area contributed by atoms with Gasteiger partial charge in [-0.1, -0.05) is 61.2 Å². The van der Waals surface area contributed by atoms with Crippen LogP contribution in [0.2, 0.25) is 0 Å². The molecular formula is C19H26O2. The summed E-state index contributed by atoms with van der Waals surface area (Å²) in [5.41, 5.74) is 2.79. The van der Waals surface area contributed by atoms with Crippen LogP contribution in [0.25, 0.3) is 0 Å². The maximum Gasteiger partial charge on any atom is 0.159 e. The lowest BCUT2D eigenvalue weighted by Gasteiger charge is -2.32. The lowest BCUT2D eigenvalue weighted by atomic mass is 9.81. The van der Waals surface area contributed by atoms with Crippen LogP contribution in [0.1, 0.15) is 50.5 Å². The van der Waals surface area contributed by atoms with Gasteiger partial charge in [0.05, 0.1) is 6.10 Å². The normalized spacial score (nSPS) is 27.4. The van der Waals surface area contributed by atoms with Crippen molar-refractivity contribution < 1.29 is 9.84 Å². The topological polar surface area (TPSA) is 29.5 Å². The van der Waals surface area contributed by atoms with Gasteiger partial charge in [-0.2, -0.15) is 0 Å². The second-order valence-corrected chi connectivity index (χ2v) is 6.43. The quantitative estimate of drug-likeness (QED) is 0.839. The summed E-state index contributed by atoms with van der Waals surface area (Å²) in [5.74, 6) is 0.691. The first-order chi connectivity index (χ1) is 10.3. The Morgan fingerprint density at radius 2 is 1.81 bits per heavy atom. The number of rotatable bonds is 4. The zero-order valence-corrected chi connectivity index (χ0v) is 12.7. The molecule has 1 heterocycles. The molecule has 2 heteroatoms. The Labute approximate surface area is 127 Å². The zero-order valence-electron chi connectivity index (χ0n) is 12.7. The highest BCUT2D eigenvalue weighted by atomic mass is 16.6. The predicted molar refractivity (Wildman–Crippen MR) is 84.9 cm³/mol. The van der Waals surface area contributed by atoms with Gasteiger partial charge in [-0.05, 0) is 37.2 Å². The van der Waals surface area contributed by atoms with Gasteiger partial charge < -0.3 is 9.84 Å². The zero-order chi connectivity index (χ0) is 14.5. The SMILES string of the molecule is OC1CC(C2CCCCC2)=CC(CCc2ccccc2)O1. The van der Waals surface area contributed by atoms with Gasteiger partial charge in [0.25, 0.3) is 0 Å². The molecule has 2 unspecified atom stereocenters. The minimum atomic E-state index is -0.604. The number of benzene rings is 1. The van der Waals surface area contributed by atoms with Gasteiger partial charge in [0.2, 0.25) is 0 Å². The Kier molecular flexibility index (Phi) is 5.10. The first kappa shape index (κ1) is 14.8. The van der Waals surface area contributed by atoms with E-state index in [9.17, 15) is 5.11 Å². The minimum Gasteiger partial charge on any atom is -0.368 e. The molecule has 0 spiro atoms. The molecule has 0 bridgehead atoms. The van der Waals surface area contributed by atoms with Gasteiger partial charge in [0.15, 0.2) is 6.29 Å². The Hall–Kier alpha value is -1.12. The lowest BCUT2D eigenvalue weighted by molar-refractivity contribution is -0.131. The molecule has 114 valence electrons. The van der Waals surface area contributed by atoms with Crippen molar-refractivity contribution in [2.24, 2.45) is 5.92 Å². The van der Waals surface area contributed by atoms with Crippen molar-refractivity contribution in [1.29, 1.82) is 0 Å². The van der Waals surface area contributed by atoms with Crippen LogP contribution in [0.3, 0.4) is 0 Å². The van der Waals surface area contributed by atoms with Crippen LogP contribution in [0.5, 0.6) is 0 Å². The number of aliphatic hydroxyl groups excluding tert-OH is 1. The van der Waals surface area contributed by atoms with Crippen molar-refractivity contribution in [2.45, 2.75) is 63.8 Å². The van der Waals surface area contributed by atoms with Gasteiger partial charge in [-0.15, -0.1) is 0 Å². The van der Waals surface area contributed by atoms with Crippen molar-refractivity contribution in [3.05, 3.63) is 47.5 Å². The van der Waals surface area contributed by atoms with E-state index in [0.29, 0.717) is 12.3 Å². The molecule has 0 aromatic heterocycles. The monoisotopic (exact) mass is 286 g/mol. The van der Waals surface area contributed by atoms with E-state index < -0.39 is 6.29 Å². The Morgan fingerprint density at radius 3 is 2.57 bits per heavy atom. The molecule has 1 N–H and O–H groups in total. The van der Waals surface area contributed by atoms with Crippen LogP contribution in [0.15, 0.2) is 42.0 Å². The first-order valence-electron chi connectivity index (χ1n) is 8.39. The molecule has 0 radical (unpaired) electrons. The van der Waals surface area contributed by atoms with Crippen molar-refractivity contribution in [3.63, 3.8) is 0 Å². The number of aliphatic hydroxyl groups is 1. The highest BCUT2D eigenvalue weighted by Crippen LogP contribution is 2.35. The summed E-state index contributed by atoms with van der Waals surface area (Å²) < 4.78 is 5.71. The van der Waals surface area contributed by atoms with Crippen LogP contribution >= 0.6 is 0 Å². The number of ether oxygens (including phenoxy) is 1. The van der Waals surface area contributed by atoms with Crippen molar-refractivity contribution >= 4 is 0 Å². The van der Waals surface area contributed by atoms with E-state index in [1.807, 2.05) is 6.07 Å². The molecule has 2 aliphatic rings. The fourth-order valence-electron chi connectivity index (χ4n) is 3.68. The van der Waals surface area contributed by atoms with Crippen LogP contribution in [0, 0.1) is 5.92 Å². The van der Waals surface area contributed by atoms with Crippen molar-refractivity contribution in [2.75, 3.05) is 0 Å². The molecule has 21 heavy (non-hydrogen) atoms. The summed E-state index contributed by atoms with van der Waals surface area (Å²) in [5, 5.41) is 10.0. The number of hydrogen-bond acceptors (Lipinski definition) is 2. The third kappa shape index (κ3) is 4.18. The second-order valence-electron chi connectivity index (χ2n) is 6.43. The molecule has 1 aromatic carbocycles. The molecule has 2 atom stereocenters. The maximum atomic E-state index is 10.0. The molecule has 1 aromatic rings. The average Bonchev–Trinajstić information content (AvgIpc) is 2.54. The average molecular weight is 286 g/mol. The predicted octanol–water partition coefficient (Wildman–Crippen LogP) is 4.23. The molecule has 1 fully saturated rings. The van der Waals surface area contributed by atoms with E-state index in [1.54, 1.807) is 0 Å². The van der Waals surface area contributed by atoms with Crippen molar-refractivity contribution in [3.8, 4) is 0 Å².